The highest BCUT2D eigenvalue weighted by Crippen LogP contribution is 2.21. The summed E-state index contributed by atoms with van der Waals surface area (Å²) in [5, 5.41) is 13.0. The van der Waals surface area contributed by atoms with Crippen LogP contribution in [0.1, 0.15) is 0 Å². The van der Waals surface area contributed by atoms with E-state index in [0.29, 0.717) is 0 Å². The molecule has 1 aromatic heterocycles. The zero-order valence-corrected chi connectivity index (χ0v) is 15.0. The number of nitrogens with one attached hydrogen (secondary N) is 1. The number of nitrogens with zero attached hydrogens (tertiary/aromatic N) is 2. The van der Waals surface area contributed by atoms with Crippen molar-refractivity contribution in [2.24, 2.45) is 0 Å². The Bertz CT molecular complexity index is 1280. The zero-order valence-electron chi connectivity index (χ0n) is 14.2. The van der Waals surface area contributed by atoms with E-state index in [1.807, 2.05) is 0 Å². The van der Waals surface area contributed by atoms with Crippen LogP contribution in [0.2, 0.25) is 0 Å². The van der Waals surface area contributed by atoms with Gasteiger partial charge in [-0.15, -0.1) is 0 Å². The molecule has 10 nitrogen and oxygen atoms in total. The molecule has 0 fully saturated rings. The van der Waals surface area contributed by atoms with E-state index in [0.717, 1.165) is 41.2 Å². The largest absolute Gasteiger partial charge is 0.420 e. The molecule has 12 heteroatoms. The molecule has 1 amide bonds. The number of carbonyl (C=O) groups is 1. The monoisotopic (exact) mass is 409 g/mol. The van der Waals surface area contributed by atoms with Gasteiger partial charge in [-0.05, 0) is 24.3 Å². The van der Waals surface area contributed by atoms with Gasteiger partial charge in [0.25, 0.3) is 5.69 Å². The molecule has 0 aliphatic rings. The minimum Gasteiger partial charge on any atom is -0.407 e. The Balaban J connectivity index is 1.89. The standard InChI is InChI=1S/C16H12FN3O7S/c1-28(25,26)10-3-4-11(17)12(7-10)18-15(21)8-19-13-5-2-9(20(23)24)6-14(13)27-16(19)22/h2-7H,8H2,1H3,(H,18,21). The van der Waals surface area contributed by atoms with Crippen LogP contribution in [0.25, 0.3) is 11.1 Å². The first-order valence-electron chi connectivity index (χ1n) is 7.63. The Hall–Kier alpha value is -3.54. The van der Waals surface area contributed by atoms with Gasteiger partial charge in [0.2, 0.25) is 5.91 Å². The van der Waals surface area contributed by atoms with Gasteiger partial charge in [0.15, 0.2) is 15.4 Å². The lowest BCUT2D eigenvalue weighted by atomic mass is 10.3. The maximum Gasteiger partial charge on any atom is 0.420 e. The van der Waals surface area contributed by atoms with Crippen molar-refractivity contribution >= 4 is 38.2 Å². The van der Waals surface area contributed by atoms with Gasteiger partial charge < -0.3 is 9.73 Å². The minimum atomic E-state index is -3.62. The number of anilines is 1. The molecule has 0 saturated carbocycles. The number of carbonyl (C=O) groups excluding carboxylic acids is 1. The first kappa shape index (κ1) is 19.2. The highest BCUT2D eigenvalue weighted by Gasteiger charge is 2.18. The van der Waals surface area contributed by atoms with Gasteiger partial charge in [0.05, 0.1) is 27.1 Å². The summed E-state index contributed by atoms with van der Waals surface area (Å²) in [5.74, 6) is -2.62. The molecule has 146 valence electrons. The van der Waals surface area contributed by atoms with Crippen LogP contribution in [0.5, 0.6) is 0 Å². The van der Waals surface area contributed by atoms with Gasteiger partial charge in [0, 0.05) is 12.3 Å². The Labute approximate surface area is 156 Å². The van der Waals surface area contributed by atoms with E-state index in [2.05, 4.69) is 5.32 Å². The zero-order chi connectivity index (χ0) is 20.6. The lowest BCUT2D eigenvalue weighted by molar-refractivity contribution is -0.384. The van der Waals surface area contributed by atoms with E-state index < -0.39 is 38.8 Å². The number of nitro benzene ring substituents is 1. The van der Waals surface area contributed by atoms with Crippen molar-refractivity contribution < 1.29 is 26.9 Å². The molecule has 3 aromatic rings. The summed E-state index contributed by atoms with van der Waals surface area (Å²) in [5.41, 5.74) is -0.615. The van der Waals surface area contributed by atoms with Crippen LogP contribution in [-0.4, -0.2) is 30.1 Å². The lowest BCUT2D eigenvalue weighted by Gasteiger charge is -2.08. The van der Waals surface area contributed by atoms with Gasteiger partial charge in [-0.2, -0.15) is 0 Å². The summed E-state index contributed by atoms with van der Waals surface area (Å²) in [6, 6.07) is 6.34. The van der Waals surface area contributed by atoms with Crippen LogP contribution < -0.4 is 11.1 Å². The number of benzene rings is 2. The van der Waals surface area contributed by atoms with E-state index >= 15 is 0 Å². The second kappa shape index (κ2) is 6.88. The summed E-state index contributed by atoms with van der Waals surface area (Å²) >= 11 is 0. The van der Waals surface area contributed by atoms with Crippen LogP contribution in [0.4, 0.5) is 15.8 Å². The highest BCUT2D eigenvalue weighted by atomic mass is 32.2. The van der Waals surface area contributed by atoms with Crippen molar-refractivity contribution in [1.29, 1.82) is 0 Å². The van der Waals surface area contributed by atoms with Crippen molar-refractivity contribution in [2.75, 3.05) is 11.6 Å². The Morgan fingerprint density at radius 2 is 2.00 bits per heavy atom. The smallest absolute Gasteiger partial charge is 0.407 e. The molecule has 28 heavy (non-hydrogen) atoms. The molecule has 0 unspecified atom stereocenters. The van der Waals surface area contributed by atoms with E-state index in [1.54, 1.807) is 0 Å². The molecule has 0 saturated heterocycles. The maximum absolute atomic E-state index is 13.9. The second-order valence-corrected chi connectivity index (χ2v) is 7.84. The topological polar surface area (TPSA) is 142 Å². The molecule has 1 heterocycles. The number of sulfone groups is 1. The SMILES string of the molecule is CS(=O)(=O)c1ccc(F)c(NC(=O)Cn2c(=O)oc3cc([N+](=O)[O-])ccc32)c1. The molecular weight excluding hydrogens is 397 g/mol. The predicted octanol–water partition coefficient (Wildman–Crippen LogP) is 1.68. The first-order valence-corrected chi connectivity index (χ1v) is 9.52. The molecule has 0 bridgehead atoms. The molecule has 0 aliphatic carbocycles. The number of rotatable bonds is 5. The number of oxazole rings is 1. The number of fused-ring (bicyclic) bond motifs is 1. The number of hydrogen-bond donors (Lipinski definition) is 1. The highest BCUT2D eigenvalue weighted by molar-refractivity contribution is 7.90. The molecular formula is C16H12FN3O7S. The number of aromatic nitrogens is 1. The average Bonchev–Trinajstić information content (AvgIpc) is 2.90. The third-order valence-corrected chi connectivity index (χ3v) is 4.91. The van der Waals surface area contributed by atoms with E-state index in [-0.39, 0.29) is 27.4 Å². The number of nitro groups is 1. The third kappa shape index (κ3) is 3.76. The molecule has 3 rings (SSSR count). The molecule has 0 aliphatic heterocycles. The fourth-order valence-electron chi connectivity index (χ4n) is 2.48. The van der Waals surface area contributed by atoms with Crippen molar-refractivity contribution in [3.8, 4) is 0 Å². The molecule has 0 radical (unpaired) electrons. The van der Waals surface area contributed by atoms with Crippen molar-refractivity contribution in [3.05, 3.63) is 62.9 Å². The number of non-ortho nitro benzene ring substituents is 1. The van der Waals surface area contributed by atoms with Crippen molar-refractivity contribution in [3.63, 3.8) is 0 Å². The van der Waals surface area contributed by atoms with Gasteiger partial charge in [0.1, 0.15) is 12.4 Å². The molecule has 1 N–H and O–H groups in total. The minimum absolute atomic E-state index is 0.0859. The second-order valence-electron chi connectivity index (χ2n) is 5.83. The Morgan fingerprint density at radius 3 is 2.64 bits per heavy atom. The average molecular weight is 409 g/mol. The summed E-state index contributed by atoms with van der Waals surface area (Å²) in [4.78, 5) is 34.1. The first-order chi connectivity index (χ1) is 13.1. The third-order valence-electron chi connectivity index (χ3n) is 3.80. The molecule has 2 aromatic carbocycles. The van der Waals surface area contributed by atoms with E-state index in [9.17, 15) is 32.5 Å². The van der Waals surface area contributed by atoms with E-state index in [1.165, 1.54) is 6.07 Å². The summed E-state index contributed by atoms with van der Waals surface area (Å²) < 4.78 is 42.8. The van der Waals surface area contributed by atoms with Gasteiger partial charge in [-0.3, -0.25) is 19.5 Å². The van der Waals surface area contributed by atoms with Crippen molar-refractivity contribution in [2.45, 2.75) is 11.4 Å². The van der Waals surface area contributed by atoms with Gasteiger partial charge in [-0.25, -0.2) is 17.6 Å². The molecule has 0 atom stereocenters. The summed E-state index contributed by atoms with van der Waals surface area (Å²) in [6.45, 7) is -0.577. The number of hydrogen-bond acceptors (Lipinski definition) is 7. The van der Waals surface area contributed by atoms with Crippen LogP contribution in [-0.2, 0) is 21.2 Å². The predicted molar refractivity (Wildman–Crippen MR) is 95.3 cm³/mol. The van der Waals surface area contributed by atoms with E-state index in [4.69, 9.17) is 4.42 Å². The number of amides is 1. The number of halogens is 1. The fourth-order valence-corrected chi connectivity index (χ4v) is 3.13. The molecule has 0 spiro atoms. The van der Waals surface area contributed by atoms with Crippen LogP contribution in [0.3, 0.4) is 0 Å². The van der Waals surface area contributed by atoms with Crippen molar-refractivity contribution in [1.82, 2.24) is 4.57 Å². The quantitative estimate of drug-likeness (QED) is 0.384. The maximum atomic E-state index is 13.9. The van der Waals surface area contributed by atoms with Gasteiger partial charge in [-0.1, -0.05) is 0 Å². The van der Waals surface area contributed by atoms with Crippen LogP contribution in [0, 0.1) is 15.9 Å². The van der Waals surface area contributed by atoms with Crippen LogP contribution in [0.15, 0.2) is 50.5 Å². The van der Waals surface area contributed by atoms with Crippen LogP contribution >= 0.6 is 0 Å². The lowest BCUT2D eigenvalue weighted by Crippen LogP contribution is -2.25. The summed E-state index contributed by atoms with van der Waals surface area (Å²) in [6.07, 6.45) is 0.933. The normalized spacial score (nSPS) is 11.5. The van der Waals surface area contributed by atoms with Gasteiger partial charge >= 0.3 is 5.76 Å². The Kier molecular flexibility index (Phi) is 4.73. The fraction of sp³-hybridized carbons (Fsp3) is 0.125. The summed E-state index contributed by atoms with van der Waals surface area (Å²) in [7, 11) is -3.62. The Morgan fingerprint density at radius 1 is 1.29 bits per heavy atom.